The quantitative estimate of drug-likeness (QED) is 0.773. The Morgan fingerprint density at radius 3 is 2.52 bits per heavy atom. The average molecular weight is 352 g/mol. The lowest BCUT2D eigenvalue weighted by Crippen LogP contribution is -2.43. The van der Waals surface area contributed by atoms with Crippen molar-refractivity contribution in [1.82, 2.24) is 4.90 Å². The van der Waals surface area contributed by atoms with Crippen LogP contribution in [0.25, 0.3) is 0 Å². The third-order valence-electron chi connectivity index (χ3n) is 3.19. The van der Waals surface area contributed by atoms with E-state index in [0.717, 1.165) is 0 Å². The van der Waals surface area contributed by atoms with E-state index >= 15 is 0 Å². The second-order valence-electron chi connectivity index (χ2n) is 4.82. The highest BCUT2D eigenvalue weighted by atomic mass is 35.5. The first-order valence-corrected chi connectivity index (χ1v) is 8.96. The van der Waals surface area contributed by atoms with Crippen molar-refractivity contribution in [3.05, 3.63) is 33.8 Å². The van der Waals surface area contributed by atoms with Gasteiger partial charge in [-0.05, 0) is 12.1 Å². The molecule has 0 spiro atoms. The van der Waals surface area contributed by atoms with Gasteiger partial charge < -0.3 is 4.74 Å². The third kappa shape index (κ3) is 5.14. The van der Waals surface area contributed by atoms with Gasteiger partial charge in [-0.1, -0.05) is 29.3 Å². The molecule has 0 bridgehead atoms. The molecule has 1 saturated heterocycles. The van der Waals surface area contributed by atoms with Crippen LogP contribution in [-0.4, -0.2) is 50.4 Å². The number of carbonyl (C=O) groups is 1. The lowest BCUT2D eigenvalue weighted by molar-refractivity contribution is -0.146. The summed E-state index contributed by atoms with van der Waals surface area (Å²) in [5.41, 5.74) is 0.677. The Kier molecular flexibility index (Phi) is 5.48. The van der Waals surface area contributed by atoms with Gasteiger partial charge in [0.1, 0.15) is 6.61 Å². The van der Waals surface area contributed by atoms with E-state index in [1.54, 1.807) is 23.1 Å². The summed E-state index contributed by atoms with van der Waals surface area (Å²) in [4.78, 5) is 13.5. The predicted molar refractivity (Wildman–Crippen MR) is 81.4 cm³/mol. The van der Waals surface area contributed by atoms with E-state index in [9.17, 15) is 13.2 Å². The molecule has 0 aliphatic carbocycles. The van der Waals surface area contributed by atoms with Crippen LogP contribution in [0.1, 0.15) is 5.56 Å². The SMILES string of the molecule is O=C(CN1CCS(=O)(=O)CC1)OCc1ccc(Cl)cc1Cl. The summed E-state index contributed by atoms with van der Waals surface area (Å²) in [6.07, 6.45) is 0. The van der Waals surface area contributed by atoms with Gasteiger partial charge in [-0.3, -0.25) is 9.69 Å². The van der Waals surface area contributed by atoms with Crippen LogP contribution in [0.15, 0.2) is 18.2 Å². The Hall–Kier alpha value is -0.820. The molecular formula is C13H15Cl2NO4S. The fourth-order valence-corrected chi connectivity index (χ4v) is 3.67. The Balaban J connectivity index is 1.80. The van der Waals surface area contributed by atoms with Crippen molar-refractivity contribution in [3.63, 3.8) is 0 Å². The van der Waals surface area contributed by atoms with E-state index in [-0.39, 0.29) is 24.7 Å². The summed E-state index contributed by atoms with van der Waals surface area (Å²) in [7, 11) is -2.94. The van der Waals surface area contributed by atoms with Gasteiger partial charge in [0.2, 0.25) is 0 Å². The minimum absolute atomic E-state index is 0.0704. The van der Waals surface area contributed by atoms with Gasteiger partial charge >= 0.3 is 5.97 Å². The van der Waals surface area contributed by atoms with E-state index in [0.29, 0.717) is 28.7 Å². The molecule has 0 N–H and O–H groups in total. The summed E-state index contributed by atoms with van der Waals surface area (Å²) in [5.74, 6) is -0.229. The molecule has 116 valence electrons. The summed E-state index contributed by atoms with van der Waals surface area (Å²) >= 11 is 11.8. The molecule has 0 amide bonds. The topological polar surface area (TPSA) is 63.7 Å². The molecule has 1 fully saturated rings. The molecule has 0 atom stereocenters. The summed E-state index contributed by atoms with van der Waals surface area (Å²) < 4.78 is 27.7. The van der Waals surface area contributed by atoms with E-state index in [2.05, 4.69) is 0 Å². The Morgan fingerprint density at radius 2 is 1.90 bits per heavy atom. The predicted octanol–water partition coefficient (Wildman–Crippen LogP) is 1.77. The van der Waals surface area contributed by atoms with Crippen LogP contribution in [0.2, 0.25) is 10.0 Å². The van der Waals surface area contributed by atoms with Crippen molar-refractivity contribution in [2.75, 3.05) is 31.1 Å². The number of esters is 1. The van der Waals surface area contributed by atoms with Crippen LogP contribution in [0.3, 0.4) is 0 Å². The molecule has 21 heavy (non-hydrogen) atoms. The van der Waals surface area contributed by atoms with Crippen molar-refractivity contribution in [3.8, 4) is 0 Å². The molecule has 1 aliphatic rings. The standard InChI is InChI=1S/C13H15Cl2NO4S/c14-11-2-1-10(12(15)7-11)9-20-13(17)8-16-3-5-21(18,19)6-4-16/h1-2,7H,3-6,8-9H2. The molecule has 1 aliphatic heterocycles. The number of benzene rings is 1. The molecule has 0 unspecified atom stereocenters. The number of halogens is 2. The molecule has 0 aromatic heterocycles. The first kappa shape index (κ1) is 16.5. The van der Waals surface area contributed by atoms with Crippen molar-refractivity contribution in [2.45, 2.75) is 6.61 Å². The van der Waals surface area contributed by atoms with E-state index < -0.39 is 15.8 Å². The zero-order valence-corrected chi connectivity index (χ0v) is 13.5. The summed E-state index contributed by atoms with van der Waals surface area (Å²) in [6, 6.07) is 4.96. The van der Waals surface area contributed by atoms with E-state index in [1.165, 1.54) is 0 Å². The number of sulfone groups is 1. The maximum atomic E-state index is 11.7. The Morgan fingerprint density at radius 1 is 1.24 bits per heavy atom. The van der Waals surface area contributed by atoms with E-state index in [1.807, 2.05) is 0 Å². The largest absolute Gasteiger partial charge is 0.460 e. The number of hydrogen-bond acceptors (Lipinski definition) is 5. The highest BCUT2D eigenvalue weighted by Crippen LogP contribution is 2.21. The van der Waals surface area contributed by atoms with Gasteiger partial charge in [0.05, 0.1) is 18.1 Å². The third-order valence-corrected chi connectivity index (χ3v) is 5.39. The maximum absolute atomic E-state index is 11.7. The molecule has 0 saturated carbocycles. The molecule has 1 heterocycles. The maximum Gasteiger partial charge on any atom is 0.320 e. The first-order valence-electron chi connectivity index (χ1n) is 6.38. The number of rotatable bonds is 4. The Labute approximate surface area is 133 Å². The van der Waals surface area contributed by atoms with Crippen LogP contribution in [0.5, 0.6) is 0 Å². The zero-order valence-electron chi connectivity index (χ0n) is 11.2. The van der Waals surface area contributed by atoms with Gasteiger partial charge in [0.25, 0.3) is 0 Å². The van der Waals surface area contributed by atoms with Gasteiger partial charge in [-0.2, -0.15) is 0 Å². The Bertz CT molecular complexity index is 619. The van der Waals surface area contributed by atoms with Crippen LogP contribution in [0, 0.1) is 0 Å². The lowest BCUT2D eigenvalue weighted by atomic mass is 10.2. The minimum Gasteiger partial charge on any atom is -0.460 e. The van der Waals surface area contributed by atoms with E-state index in [4.69, 9.17) is 27.9 Å². The smallest absolute Gasteiger partial charge is 0.320 e. The number of nitrogens with zero attached hydrogens (tertiary/aromatic N) is 1. The molecule has 1 aromatic carbocycles. The van der Waals surface area contributed by atoms with Crippen molar-refractivity contribution in [1.29, 1.82) is 0 Å². The van der Waals surface area contributed by atoms with Crippen LogP contribution in [-0.2, 0) is 26.0 Å². The second-order valence-corrected chi connectivity index (χ2v) is 7.97. The van der Waals surface area contributed by atoms with Crippen LogP contribution < -0.4 is 0 Å². The van der Waals surface area contributed by atoms with Gasteiger partial charge in [0.15, 0.2) is 9.84 Å². The number of carbonyl (C=O) groups excluding carboxylic acids is 1. The van der Waals surface area contributed by atoms with Gasteiger partial charge in [0, 0.05) is 28.7 Å². The van der Waals surface area contributed by atoms with Crippen LogP contribution in [0.4, 0.5) is 0 Å². The lowest BCUT2D eigenvalue weighted by Gasteiger charge is -2.25. The fraction of sp³-hybridized carbons (Fsp3) is 0.462. The second kappa shape index (κ2) is 6.96. The molecular weight excluding hydrogens is 337 g/mol. The average Bonchev–Trinajstić information content (AvgIpc) is 2.40. The number of hydrogen-bond donors (Lipinski definition) is 0. The van der Waals surface area contributed by atoms with Crippen LogP contribution >= 0.6 is 23.2 Å². The molecule has 5 nitrogen and oxygen atoms in total. The molecule has 0 radical (unpaired) electrons. The fourth-order valence-electron chi connectivity index (χ4n) is 1.93. The van der Waals surface area contributed by atoms with Crippen molar-refractivity contribution < 1.29 is 17.9 Å². The van der Waals surface area contributed by atoms with Crippen molar-refractivity contribution in [2.24, 2.45) is 0 Å². The highest BCUT2D eigenvalue weighted by Gasteiger charge is 2.23. The molecule has 1 aromatic rings. The monoisotopic (exact) mass is 351 g/mol. The number of ether oxygens (including phenoxy) is 1. The van der Waals surface area contributed by atoms with Gasteiger partial charge in [-0.15, -0.1) is 0 Å². The summed E-state index contributed by atoms with van der Waals surface area (Å²) in [5, 5.41) is 0.962. The highest BCUT2D eigenvalue weighted by molar-refractivity contribution is 7.91. The minimum atomic E-state index is -2.94. The molecule has 2 rings (SSSR count). The molecule has 8 heteroatoms. The first-order chi connectivity index (χ1) is 9.85. The summed E-state index contributed by atoms with van der Waals surface area (Å²) in [6.45, 7) is 0.875. The van der Waals surface area contributed by atoms with Crippen molar-refractivity contribution >= 4 is 39.0 Å². The van der Waals surface area contributed by atoms with Gasteiger partial charge in [-0.25, -0.2) is 8.42 Å². The normalized spacial score (nSPS) is 18.4. The zero-order chi connectivity index (χ0) is 15.5.